The Morgan fingerprint density at radius 2 is 1.86 bits per heavy atom. The van der Waals surface area contributed by atoms with E-state index >= 15 is 0 Å². The van der Waals surface area contributed by atoms with Crippen molar-refractivity contribution >= 4 is 40.7 Å². The van der Waals surface area contributed by atoms with Gasteiger partial charge in [0.2, 0.25) is 11.8 Å². The molecule has 9 heteroatoms. The molecule has 8 nitrogen and oxygen atoms in total. The normalized spacial score (nSPS) is 15.5. The summed E-state index contributed by atoms with van der Waals surface area (Å²) in [6.45, 7) is 0. The third kappa shape index (κ3) is 4.60. The number of anilines is 2. The van der Waals surface area contributed by atoms with E-state index in [0.717, 1.165) is 0 Å². The second-order valence-electron chi connectivity index (χ2n) is 6.33. The third-order valence-corrected chi connectivity index (χ3v) is 4.75. The molecule has 0 saturated carbocycles. The molecule has 1 unspecified atom stereocenters. The van der Waals surface area contributed by atoms with Crippen LogP contribution in [0.3, 0.4) is 0 Å². The smallest absolute Gasteiger partial charge is 0.254 e. The first-order chi connectivity index (χ1) is 13.9. The Morgan fingerprint density at radius 3 is 2.59 bits per heavy atom. The van der Waals surface area contributed by atoms with Gasteiger partial charge in [-0.3, -0.25) is 14.4 Å². The van der Waals surface area contributed by atoms with Crippen LogP contribution in [0.15, 0.2) is 36.4 Å². The molecule has 152 valence electrons. The quantitative estimate of drug-likeness (QED) is 0.670. The largest absolute Gasteiger partial charge is 0.495 e. The molecule has 0 spiro atoms. The van der Waals surface area contributed by atoms with Crippen LogP contribution in [-0.4, -0.2) is 38.0 Å². The monoisotopic (exact) mass is 417 g/mol. The number of hydrogen-bond acceptors (Lipinski definition) is 5. The van der Waals surface area contributed by atoms with Crippen molar-refractivity contribution in [1.82, 2.24) is 5.32 Å². The lowest BCUT2D eigenvalue weighted by Gasteiger charge is -2.15. The fourth-order valence-corrected chi connectivity index (χ4v) is 3.20. The van der Waals surface area contributed by atoms with Crippen molar-refractivity contribution in [2.24, 2.45) is 0 Å². The van der Waals surface area contributed by atoms with Crippen LogP contribution in [0.4, 0.5) is 11.4 Å². The lowest BCUT2D eigenvalue weighted by Crippen LogP contribution is -2.41. The summed E-state index contributed by atoms with van der Waals surface area (Å²) in [4.78, 5) is 37.1. The molecule has 0 aliphatic carbocycles. The van der Waals surface area contributed by atoms with Crippen molar-refractivity contribution in [2.75, 3.05) is 24.9 Å². The Labute approximate surface area is 172 Å². The molecule has 1 heterocycles. The highest BCUT2D eigenvalue weighted by molar-refractivity contribution is 6.32. The van der Waals surface area contributed by atoms with E-state index in [1.54, 1.807) is 30.3 Å². The molecule has 1 aliphatic rings. The minimum absolute atomic E-state index is 0.00150. The maximum atomic E-state index is 12.4. The first-order valence-corrected chi connectivity index (χ1v) is 9.23. The van der Waals surface area contributed by atoms with Crippen LogP contribution in [0, 0.1) is 0 Å². The molecule has 1 aliphatic heterocycles. The standard InChI is InChI=1S/C20H20ClN3O5/c1-28-16-10-17(29-2)15(9-12(16)21)22-18(25)8-7-14-20(27)23-13-6-4-3-5-11(13)19(26)24-14/h3-6,9-10,14H,7-8H2,1-2H3,(H,22,25)(H,23,27)(H,24,26). The van der Waals surface area contributed by atoms with E-state index in [9.17, 15) is 14.4 Å². The van der Waals surface area contributed by atoms with Crippen molar-refractivity contribution in [1.29, 1.82) is 0 Å². The predicted octanol–water partition coefficient (Wildman–Crippen LogP) is 2.83. The van der Waals surface area contributed by atoms with E-state index in [4.69, 9.17) is 21.1 Å². The predicted molar refractivity (Wildman–Crippen MR) is 109 cm³/mol. The molecule has 1 atom stereocenters. The van der Waals surface area contributed by atoms with Gasteiger partial charge in [-0.2, -0.15) is 0 Å². The molecule has 3 amide bonds. The number of nitrogens with one attached hydrogen (secondary N) is 3. The van der Waals surface area contributed by atoms with Gasteiger partial charge in [0.25, 0.3) is 5.91 Å². The highest BCUT2D eigenvalue weighted by Gasteiger charge is 2.28. The minimum atomic E-state index is -0.831. The summed E-state index contributed by atoms with van der Waals surface area (Å²) in [6.07, 6.45) is 0.130. The van der Waals surface area contributed by atoms with Gasteiger partial charge < -0.3 is 25.4 Å². The zero-order valence-electron chi connectivity index (χ0n) is 15.9. The number of halogens is 1. The molecule has 0 bridgehead atoms. The van der Waals surface area contributed by atoms with Gasteiger partial charge in [-0.1, -0.05) is 23.7 Å². The lowest BCUT2D eigenvalue weighted by molar-refractivity contribution is -0.118. The molecule has 3 N–H and O–H groups in total. The fraction of sp³-hybridized carbons (Fsp3) is 0.250. The second-order valence-corrected chi connectivity index (χ2v) is 6.74. The van der Waals surface area contributed by atoms with Crippen molar-refractivity contribution in [3.8, 4) is 11.5 Å². The molecule has 0 aromatic heterocycles. The molecule has 3 rings (SSSR count). The van der Waals surface area contributed by atoms with Gasteiger partial charge in [0.1, 0.15) is 17.5 Å². The van der Waals surface area contributed by atoms with Crippen molar-refractivity contribution in [2.45, 2.75) is 18.9 Å². The minimum Gasteiger partial charge on any atom is -0.495 e. The Bertz CT molecular complexity index is 963. The first kappa shape index (κ1) is 20.5. The Hall–Kier alpha value is -3.26. The van der Waals surface area contributed by atoms with Crippen molar-refractivity contribution in [3.63, 3.8) is 0 Å². The maximum absolute atomic E-state index is 12.4. The molecule has 2 aromatic rings. The molecule has 0 saturated heterocycles. The van der Waals surface area contributed by atoms with Gasteiger partial charge in [-0.05, 0) is 24.6 Å². The number of ether oxygens (including phenoxy) is 2. The number of para-hydroxylation sites is 1. The summed E-state index contributed by atoms with van der Waals surface area (Å²) in [5.74, 6) is -0.294. The first-order valence-electron chi connectivity index (χ1n) is 8.85. The molecule has 0 radical (unpaired) electrons. The van der Waals surface area contributed by atoms with Gasteiger partial charge in [-0.15, -0.1) is 0 Å². The second kappa shape index (κ2) is 8.83. The van der Waals surface area contributed by atoms with Gasteiger partial charge >= 0.3 is 0 Å². The average molecular weight is 418 g/mol. The summed E-state index contributed by atoms with van der Waals surface area (Å²) in [7, 11) is 2.94. The number of carbonyl (C=O) groups excluding carboxylic acids is 3. The number of fused-ring (bicyclic) bond motifs is 1. The number of carbonyl (C=O) groups is 3. The van der Waals surface area contributed by atoms with Gasteiger partial charge in [-0.25, -0.2) is 0 Å². The van der Waals surface area contributed by atoms with Gasteiger partial charge in [0.05, 0.1) is 36.2 Å². The average Bonchev–Trinajstić information content (AvgIpc) is 2.82. The highest BCUT2D eigenvalue weighted by Crippen LogP contribution is 2.36. The fourth-order valence-electron chi connectivity index (χ4n) is 2.96. The number of amides is 3. The molecular formula is C20H20ClN3O5. The maximum Gasteiger partial charge on any atom is 0.254 e. The number of methoxy groups -OCH3 is 2. The van der Waals surface area contributed by atoms with Crippen LogP contribution in [0.25, 0.3) is 0 Å². The highest BCUT2D eigenvalue weighted by atomic mass is 35.5. The Balaban J connectivity index is 1.65. The van der Waals surface area contributed by atoms with E-state index in [0.29, 0.717) is 33.5 Å². The summed E-state index contributed by atoms with van der Waals surface area (Å²) in [6, 6.07) is 8.98. The van der Waals surface area contributed by atoms with Crippen molar-refractivity contribution in [3.05, 3.63) is 47.0 Å². The van der Waals surface area contributed by atoms with Gasteiger partial charge in [0, 0.05) is 12.5 Å². The van der Waals surface area contributed by atoms with Crippen LogP contribution in [0.2, 0.25) is 5.02 Å². The van der Waals surface area contributed by atoms with Gasteiger partial charge in [0.15, 0.2) is 0 Å². The van der Waals surface area contributed by atoms with E-state index in [1.807, 2.05) is 0 Å². The lowest BCUT2D eigenvalue weighted by atomic mass is 10.1. The SMILES string of the molecule is COc1cc(OC)c(NC(=O)CCC2NC(=O)c3ccccc3NC2=O)cc1Cl. The van der Waals surface area contributed by atoms with E-state index < -0.39 is 6.04 Å². The number of hydrogen-bond donors (Lipinski definition) is 3. The summed E-state index contributed by atoms with van der Waals surface area (Å²) in [5.41, 5.74) is 1.20. The van der Waals surface area contributed by atoms with Crippen LogP contribution < -0.4 is 25.4 Å². The molecular weight excluding hydrogens is 398 g/mol. The van der Waals surface area contributed by atoms with E-state index in [1.165, 1.54) is 20.3 Å². The number of rotatable bonds is 6. The summed E-state index contributed by atoms with van der Waals surface area (Å²) in [5, 5.41) is 8.39. The van der Waals surface area contributed by atoms with E-state index in [-0.39, 0.29) is 30.6 Å². The topological polar surface area (TPSA) is 106 Å². The third-order valence-electron chi connectivity index (χ3n) is 4.46. The molecule has 2 aromatic carbocycles. The van der Waals surface area contributed by atoms with Crippen LogP contribution >= 0.6 is 11.6 Å². The van der Waals surface area contributed by atoms with Crippen molar-refractivity contribution < 1.29 is 23.9 Å². The molecule has 0 fully saturated rings. The van der Waals surface area contributed by atoms with Crippen LogP contribution in [-0.2, 0) is 9.59 Å². The Kier molecular flexibility index (Phi) is 6.23. The molecule has 29 heavy (non-hydrogen) atoms. The number of benzene rings is 2. The van der Waals surface area contributed by atoms with Crippen LogP contribution in [0.1, 0.15) is 23.2 Å². The van der Waals surface area contributed by atoms with E-state index in [2.05, 4.69) is 16.0 Å². The zero-order chi connectivity index (χ0) is 21.0. The summed E-state index contributed by atoms with van der Waals surface area (Å²) < 4.78 is 10.4. The van der Waals surface area contributed by atoms with Crippen LogP contribution in [0.5, 0.6) is 11.5 Å². The Morgan fingerprint density at radius 1 is 1.14 bits per heavy atom. The summed E-state index contributed by atoms with van der Waals surface area (Å²) >= 11 is 6.11. The zero-order valence-corrected chi connectivity index (χ0v) is 16.6.